The maximum atomic E-state index is 13.0. The molecule has 1 aliphatic heterocycles. The van der Waals surface area contributed by atoms with E-state index in [0.29, 0.717) is 18.7 Å². The Kier molecular flexibility index (Phi) is 5.20. The zero-order valence-electron chi connectivity index (χ0n) is 15.5. The van der Waals surface area contributed by atoms with Crippen molar-refractivity contribution in [2.75, 3.05) is 16.8 Å². The number of carbonyl (C=O) groups is 2. The molecular formula is C24H22N2O2. The van der Waals surface area contributed by atoms with E-state index >= 15 is 0 Å². The van der Waals surface area contributed by atoms with Gasteiger partial charge < -0.3 is 10.2 Å². The van der Waals surface area contributed by atoms with Gasteiger partial charge in [-0.1, -0.05) is 66.7 Å². The number of hydrogen-bond acceptors (Lipinski definition) is 2. The molecule has 4 heteroatoms. The second-order valence-corrected chi connectivity index (χ2v) is 6.98. The normalized spacial score (nSPS) is 16.2. The quantitative estimate of drug-likeness (QED) is 0.682. The first-order chi connectivity index (χ1) is 13.7. The Morgan fingerprint density at radius 1 is 0.893 bits per heavy atom. The van der Waals surface area contributed by atoms with Gasteiger partial charge in [-0.2, -0.15) is 0 Å². The minimum absolute atomic E-state index is 0.131. The average molecular weight is 370 g/mol. The summed E-state index contributed by atoms with van der Waals surface area (Å²) in [7, 11) is 0. The zero-order valence-corrected chi connectivity index (χ0v) is 15.5. The Morgan fingerprint density at radius 3 is 2.29 bits per heavy atom. The largest absolute Gasteiger partial charge is 0.325 e. The fraction of sp³-hybridized carbons (Fsp3) is 0.167. The predicted molar refractivity (Wildman–Crippen MR) is 111 cm³/mol. The topological polar surface area (TPSA) is 49.4 Å². The van der Waals surface area contributed by atoms with E-state index < -0.39 is 5.92 Å². The highest BCUT2D eigenvalue weighted by atomic mass is 16.2. The van der Waals surface area contributed by atoms with Gasteiger partial charge in [0.1, 0.15) is 5.92 Å². The molecule has 1 N–H and O–H groups in total. The lowest BCUT2D eigenvalue weighted by Crippen LogP contribution is -2.33. The molecule has 1 heterocycles. The second kappa shape index (κ2) is 8.09. The minimum atomic E-state index is -0.648. The Hall–Kier alpha value is -3.40. The van der Waals surface area contributed by atoms with E-state index in [1.807, 2.05) is 72.8 Å². The first-order valence-corrected chi connectivity index (χ1v) is 9.51. The van der Waals surface area contributed by atoms with Crippen LogP contribution >= 0.6 is 0 Å². The molecule has 0 saturated carbocycles. The van der Waals surface area contributed by atoms with Gasteiger partial charge in [0, 0.05) is 17.9 Å². The SMILES string of the molecule is O=C(Nc1ccccc1)C1CCN(c2ccccc2Cc2ccccc2)C1=O. The molecule has 1 unspecified atom stereocenters. The highest BCUT2D eigenvalue weighted by molar-refractivity contribution is 6.13. The van der Waals surface area contributed by atoms with Gasteiger partial charge in [0.25, 0.3) is 0 Å². The van der Waals surface area contributed by atoms with Crippen LogP contribution in [0.5, 0.6) is 0 Å². The summed E-state index contributed by atoms with van der Waals surface area (Å²) < 4.78 is 0. The van der Waals surface area contributed by atoms with E-state index in [4.69, 9.17) is 0 Å². The summed E-state index contributed by atoms with van der Waals surface area (Å²) >= 11 is 0. The van der Waals surface area contributed by atoms with Crippen molar-refractivity contribution in [1.29, 1.82) is 0 Å². The van der Waals surface area contributed by atoms with Gasteiger partial charge in [-0.15, -0.1) is 0 Å². The van der Waals surface area contributed by atoms with Crippen LogP contribution in [0.2, 0.25) is 0 Å². The van der Waals surface area contributed by atoms with E-state index in [0.717, 1.165) is 17.7 Å². The number of para-hydroxylation sites is 2. The summed E-state index contributed by atoms with van der Waals surface area (Å²) in [6, 6.07) is 27.4. The predicted octanol–water partition coefficient (Wildman–Crippen LogP) is 4.27. The Bertz CT molecular complexity index is 970. The maximum Gasteiger partial charge on any atom is 0.239 e. The van der Waals surface area contributed by atoms with E-state index in [1.165, 1.54) is 5.56 Å². The van der Waals surface area contributed by atoms with Crippen LogP contribution < -0.4 is 10.2 Å². The van der Waals surface area contributed by atoms with Gasteiger partial charge in [-0.05, 0) is 42.2 Å². The molecule has 1 fully saturated rings. The summed E-state index contributed by atoms with van der Waals surface area (Å²) in [6.07, 6.45) is 1.28. The third-order valence-corrected chi connectivity index (χ3v) is 5.08. The second-order valence-electron chi connectivity index (χ2n) is 6.98. The van der Waals surface area contributed by atoms with E-state index in [-0.39, 0.29) is 11.8 Å². The Morgan fingerprint density at radius 2 is 1.54 bits per heavy atom. The van der Waals surface area contributed by atoms with Crippen LogP contribution in [0.1, 0.15) is 17.5 Å². The van der Waals surface area contributed by atoms with E-state index in [2.05, 4.69) is 17.4 Å². The molecule has 3 aromatic carbocycles. The molecule has 0 spiro atoms. The minimum Gasteiger partial charge on any atom is -0.325 e. The molecule has 1 atom stereocenters. The number of carbonyl (C=O) groups excluding carboxylic acids is 2. The fourth-order valence-electron chi connectivity index (χ4n) is 3.65. The number of nitrogens with one attached hydrogen (secondary N) is 1. The third kappa shape index (κ3) is 3.81. The first-order valence-electron chi connectivity index (χ1n) is 9.51. The molecule has 2 amide bonds. The number of amides is 2. The van der Waals surface area contributed by atoms with Gasteiger partial charge in [0.15, 0.2) is 0 Å². The maximum absolute atomic E-state index is 13.0. The zero-order chi connectivity index (χ0) is 19.3. The van der Waals surface area contributed by atoms with Gasteiger partial charge in [-0.3, -0.25) is 9.59 Å². The Balaban J connectivity index is 1.52. The molecule has 0 aliphatic carbocycles. The molecule has 4 rings (SSSR count). The smallest absolute Gasteiger partial charge is 0.239 e. The highest BCUT2D eigenvalue weighted by Gasteiger charge is 2.38. The summed E-state index contributed by atoms with van der Waals surface area (Å²) in [5.74, 6) is -1.02. The molecule has 1 aliphatic rings. The van der Waals surface area contributed by atoms with Gasteiger partial charge >= 0.3 is 0 Å². The van der Waals surface area contributed by atoms with Crippen LogP contribution in [0.25, 0.3) is 0 Å². The molecule has 4 nitrogen and oxygen atoms in total. The van der Waals surface area contributed by atoms with Crippen LogP contribution in [0.15, 0.2) is 84.9 Å². The molecule has 1 saturated heterocycles. The molecule has 28 heavy (non-hydrogen) atoms. The number of rotatable bonds is 5. The first kappa shape index (κ1) is 18.0. The van der Waals surface area contributed by atoms with Gasteiger partial charge in [0.05, 0.1) is 0 Å². The van der Waals surface area contributed by atoms with Crippen LogP contribution in [-0.4, -0.2) is 18.4 Å². The lowest BCUT2D eigenvalue weighted by molar-refractivity contribution is -0.129. The monoisotopic (exact) mass is 370 g/mol. The van der Waals surface area contributed by atoms with E-state index in [1.54, 1.807) is 4.90 Å². The Labute approximate surface area is 164 Å². The standard InChI is InChI=1S/C24H22N2O2/c27-23(25-20-12-5-2-6-13-20)21-15-16-26(24(21)28)22-14-8-7-11-19(22)17-18-9-3-1-4-10-18/h1-14,21H,15-17H2,(H,25,27). The summed E-state index contributed by atoms with van der Waals surface area (Å²) in [6.45, 7) is 0.553. The van der Waals surface area contributed by atoms with Crippen molar-refractivity contribution < 1.29 is 9.59 Å². The molecule has 0 bridgehead atoms. The van der Waals surface area contributed by atoms with Crippen molar-refractivity contribution in [3.8, 4) is 0 Å². The highest BCUT2D eigenvalue weighted by Crippen LogP contribution is 2.30. The molecule has 0 radical (unpaired) electrons. The molecule has 3 aromatic rings. The van der Waals surface area contributed by atoms with Crippen LogP contribution in [0, 0.1) is 5.92 Å². The van der Waals surface area contributed by atoms with Gasteiger partial charge in [0.2, 0.25) is 11.8 Å². The van der Waals surface area contributed by atoms with E-state index in [9.17, 15) is 9.59 Å². The van der Waals surface area contributed by atoms with Crippen LogP contribution in [-0.2, 0) is 16.0 Å². The summed E-state index contributed by atoms with van der Waals surface area (Å²) in [5.41, 5.74) is 3.89. The van der Waals surface area contributed by atoms with Gasteiger partial charge in [-0.25, -0.2) is 0 Å². The van der Waals surface area contributed by atoms with Crippen molar-refractivity contribution >= 4 is 23.2 Å². The lowest BCUT2D eigenvalue weighted by Gasteiger charge is -2.20. The van der Waals surface area contributed by atoms with Crippen LogP contribution in [0.4, 0.5) is 11.4 Å². The van der Waals surface area contributed by atoms with Crippen molar-refractivity contribution in [2.24, 2.45) is 5.92 Å². The fourth-order valence-corrected chi connectivity index (χ4v) is 3.65. The van der Waals surface area contributed by atoms with Crippen molar-refractivity contribution in [1.82, 2.24) is 0 Å². The molecule has 140 valence electrons. The molecule has 0 aromatic heterocycles. The number of nitrogens with zero attached hydrogens (tertiary/aromatic N) is 1. The molecular weight excluding hydrogens is 348 g/mol. The summed E-state index contributed by atoms with van der Waals surface area (Å²) in [5, 5.41) is 2.85. The number of anilines is 2. The number of benzene rings is 3. The lowest BCUT2D eigenvalue weighted by atomic mass is 10.0. The number of hydrogen-bond donors (Lipinski definition) is 1. The van der Waals surface area contributed by atoms with Crippen LogP contribution in [0.3, 0.4) is 0 Å². The van der Waals surface area contributed by atoms with Crippen molar-refractivity contribution in [3.05, 3.63) is 96.1 Å². The average Bonchev–Trinajstić information content (AvgIpc) is 3.11. The third-order valence-electron chi connectivity index (χ3n) is 5.08. The van der Waals surface area contributed by atoms with Crippen molar-refractivity contribution in [2.45, 2.75) is 12.8 Å². The summed E-state index contributed by atoms with van der Waals surface area (Å²) in [4.78, 5) is 27.4. The van der Waals surface area contributed by atoms with Crippen molar-refractivity contribution in [3.63, 3.8) is 0 Å².